The van der Waals surface area contributed by atoms with Crippen molar-refractivity contribution in [3.8, 4) is 5.75 Å². The van der Waals surface area contributed by atoms with Crippen LogP contribution in [0.1, 0.15) is 17.2 Å². The first-order valence-corrected chi connectivity index (χ1v) is 11.8. The van der Waals surface area contributed by atoms with Crippen LogP contribution in [-0.2, 0) is 9.59 Å². The predicted octanol–water partition coefficient (Wildman–Crippen LogP) is 5.00. The Morgan fingerprint density at radius 2 is 1.77 bits per heavy atom. The molecule has 0 spiro atoms. The zero-order valence-electron chi connectivity index (χ0n) is 19.4. The smallest absolute Gasteiger partial charge is 0.301 e. The molecule has 1 fully saturated rings. The Kier molecular flexibility index (Phi) is 5.74. The Bertz CT molecular complexity index is 1440. The number of anilines is 2. The van der Waals surface area contributed by atoms with Crippen LogP contribution in [0, 0.1) is 0 Å². The largest absolute Gasteiger partial charge is 0.507 e. The lowest BCUT2D eigenvalue weighted by Gasteiger charge is -2.23. The van der Waals surface area contributed by atoms with Gasteiger partial charge >= 0.3 is 5.91 Å². The molecule has 0 aliphatic carbocycles. The van der Waals surface area contributed by atoms with E-state index in [9.17, 15) is 14.7 Å². The maximum absolute atomic E-state index is 13.4. The summed E-state index contributed by atoms with van der Waals surface area (Å²) < 4.78 is 6.18. The van der Waals surface area contributed by atoms with Crippen molar-refractivity contribution in [1.29, 1.82) is 0 Å². The van der Waals surface area contributed by atoms with E-state index in [1.54, 1.807) is 24.3 Å². The van der Waals surface area contributed by atoms with Crippen LogP contribution in [0.5, 0.6) is 5.75 Å². The van der Waals surface area contributed by atoms with Gasteiger partial charge < -0.3 is 14.7 Å². The number of fused-ring (bicyclic) bond motifs is 1. The molecule has 1 unspecified atom stereocenters. The first-order chi connectivity index (χ1) is 16.9. The van der Waals surface area contributed by atoms with E-state index in [4.69, 9.17) is 4.74 Å². The van der Waals surface area contributed by atoms with Crippen LogP contribution in [0.3, 0.4) is 0 Å². The van der Waals surface area contributed by atoms with Gasteiger partial charge in [-0.2, -0.15) is 0 Å². The molecule has 7 nitrogen and oxygen atoms in total. The number of ketones is 1. The van der Waals surface area contributed by atoms with Gasteiger partial charge in [-0.15, -0.1) is 0 Å². The highest BCUT2D eigenvalue weighted by Crippen LogP contribution is 2.44. The minimum absolute atomic E-state index is 0.0140. The fraction of sp³-hybridized carbons (Fsp3) is 0.148. The van der Waals surface area contributed by atoms with E-state index in [0.717, 1.165) is 15.9 Å². The fourth-order valence-corrected chi connectivity index (χ4v) is 5.18. The monoisotopic (exact) mass is 485 g/mol. The third kappa shape index (κ3) is 3.91. The number of aliphatic hydroxyl groups excluding tert-OH is 1. The van der Waals surface area contributed by atoms with Gasteiger partial charge in [0.2, 0.25) is 0 Å². The van der Waals surface area contributed by atoms with Crippen molar-refractivity contribution in [3.63, 3.8) is 0 Å². The molecule has 0 saturated carbocycles. The highest BCUT2D eigenvalue weighted by atomic mass is 32.1. The van der Waals surface area contributed by atoms with Crippen LogP contribution >= 0.6 is 11.3 Å². The highest BCUT2D eigenvalue weighted by molar-refractivity contribution is 7.22. The summed E-state index contributed by atoms with van der Waals surface area (Å²) in [5, 5.41) is 11.7. The first-order valence-electron chi connectivity index (χ1n) is 11.0. The highest BCUT2D eigenvalue weighted by Gasteiger charge is 2.48. The predicted molar refractivity (Wildman–Crippen MR) is 138 cm³/mol. The SMILES string of the molecule is COc1cccc(/C(O)=C2\C(=O)C(=O)N(c3nc4ccccc4s3)C2c2ccc(N(C)C)cc2)c1. The molecule has 3 aromatic carbocycles. The summed E-state index contributed by atoms with van der Waals surface area (Å²) in [5.41, 5.74) is 2.81. The number of nitrogens with zero attached hydrogens (tertiary/aromatic N) is 3. The molecule has 0 radical (unpaired) electrons. The third-order valence-corrected chi connectivity index (χ3v) is 7.04. The number of rotatable bonds is 5. The van der Waals surface area contributed by atoms with E-state index in [1.807, 2.05) is 67.5 Å². The summed E-state index contributed by atoms with van der Waals surface area (Å²) in [6.45, 7) is 0. The number of carbonyl (C=O) groups excluding carboxylic acids is 2. The molecule has 5 rings (SSSR count). The van der Waals surface area contributed by atoms with E-state index in [2.05, 4.69) is 4.98 Å². The van der Waals surface area contributed by atoms with Crippen LogP contribution in [0.25, 0.3) is 16.0 Å². The summed E-state index contributed by atoms with van der Waals surface area (Å²) in [7, 11) is 5.40. The lowest BCUT2D eigenvalue weighted by atomic mass is 9.95. The van der Waals surface area contributed by atoms with Crippen LogP contribution < -0.4 is 14.5 Å². The number of carbonyl (C=O) groups is 2. The first kappa shape index (κ1) is 22.6. The van der Waals surface area contributed by atoms with E-state index in [0.29, 0.717) is 22.0 Å². The average molecular weight is 486 g/mol. The summed E-state index contributed by atoms with van der Waals surface area (Å²) >= 11 is 1.33. The molecule has 4 aromatic rings. The minimum atomic E-state index is -0.835. The summed E-state index contributed by atoms with van der Waals surface area (Å²) in [6, 6.07) is 21.1. The maximum atomic E-state index is 13.4. The topological polar surface area (TPSA) is 83.0 Å². The molecule has 1 saturated heterocycles. The van der Waals surface area contributed by atoms with Crippen LogP contribution in [-0.4, -0.2) is 43.0 Å². The number of hydrogen-bond acceptors (Lipinski definition) is 7. The van der Waals surface area contributed by atoms with Crippen molar-refractivity contribution in [1.82, 2.24) is 4.98 Å². The third-order valence-electron chi connectivity index (χ3n) is 6.00. The Balaban J connectivity index is 1.72. The number of Topliss-reactive ketones (excluding diaryl/α,β-unsaturated/α-hetero) is 1. The van der Waals surface area contributed by atoms with Gasteiger partial charge in [0, 0.05) is 25.3 Å². The number of aromatic nitrogens is 1. The van der Waals surface area contributed by atoms with Gasteiger partial charge in [-0.25, -0.2) is 4.98 Å². The zero-order valence-corrected chi connectivity index (χ0v) is 20.2. The van der Waals surface area contributed by atoms with Crippen molar-refractivity contribution in [3.05, 3.63) is 89.5 Å². The summed E-state index contributed by atoms with van der Waals surface area (Å²) in [6.07, 6.45) is 0. The summed E-state index contributed by atoms with van der Waals surface area (Å²) in [5.74, 6) is -1.21. The van der Waals surface area contributed by atoms with E-state index < -0.39 is 17.7 Å². The Morgan fingerprint density at radius 1 is 1.03 bits per heavy atom. The lowest BCUT2D eigenvalue weighted by molar-refractivity contribution is -0.132. The normalized spacial score (nSPS) is 17.2. The van der Waals surface area contributed by atoms with Gasteiger partial charge in [-0.3, -0.25) is 14.5 Å². The van der Waals surface area contributed by atoms with Gasteiger partial charge in [0.1, 0.15) is 11.5 Å². The Hall–Kier alpha value is -4.17. The molecule has 1 aliphatic heterocycles. The zero-order chi connectivity index (χ0) is 24.7. The number of methoxy groups -OCH3 is 1. The molecule has 35 heavy (non-hydrogen) atoms. The van der Waals surface area contributed by atoms with Gasteiger partial charge in [0.25, 0.3) is 5.78 Å². The molecule has 1 N–H and O–H groups in total. The molecular formula is C27H23N3O4S. The number of amides is 1. The second kappa shape index (κ2) is 8.88. The number of aliphatic hydroxyl groups is 1. The van der Waals surface area contributed by atoms with Gasteiger partial charge in [0.15, 0.2) is 5.13 Å². The quantitative estimate of drug-likeness (QED) is 0.243. The molecule has 0 bridgehead atoms. The molecule has 176 valence electrons. The Labute approximate surface area is 206 Å². The number of para-hydroxylation sites is 1. The number of hydrogen-bond donors (Lipinski definition) is 1. The lowest BCUT2D eigenvalue weighted by Crippen LogP contribution is -2.29. The molecular weight excluding hydrogens is 462 g/mol. The summed E-state index contributed by atoms with van der Waals surface area (Å²) in [4.78, 5) is 34.7. The average Bonchev–Trinajstić information content (AvgIpc) is 3.42. The maximum Gasteiger partial charge on any atom is 0.301 e. The van der Waals surface area contributed by atoms with E-state index in [1.165, 1.54) is 23.3 Å². The van der Waals surface area contributed by atoms with Gasteiger partial charge in [-0.05, 0) is 42.0 Å². The van der Waals surface area contributed by atoms with Crippen molar-refractivity contribution in [2.75, 3.05) is 31.0 Å². The van der Waals surface area contributed by atoms with Crippen LogP contribution in [0.15, 0.2) is 78.4 Å². The number of thiazole rings is 1. The molecule has 8 heteroatoms. The second-order valence-corrected chi connectivity index (χ2v) is 9.36. The fourth-order valence-electron chi connectivity index (χ4n) is 4.19. The number of ether oxygens (including phenoxy) is 1. The van der Waals surface area contributed by atoms with E-state index in [-0.39, 0.29) is 11.3 Å². The number of benzene rings is 3. The Morgan fingerprint density at radius 3 is 2.46 bits per heavy atom. The van der Waals surface area contributed by atoms with Gasteiger partial charge in [0.05, 0.1) is 28.9 Å². The molecule has 1 aliphatic rings. The van der Waals surface area contributed by atoms with Crippen molar-refractivity contribution < 1.29 is 19.4 Å². The van der Waals surface area contributed by atoms with Crippen LogP contribution in [0.4, 0.5) is 10.8 Å². The minimum Gasteiger partial charge on any atom is -0.507 e. The molecule has 1 atom stereocenters. The van der Waals surface area contributed by atoms with Crippen molar-refractivity contribution in [2.24, 2.45) is 0 Å². The van der Waals surface area contributed by atoms with Crippen LogP contribution in [0.2, 0.25) is 0 Å². The van der Waals surface area contributed by atoms with Crippen molar-refractivity contribution >= 4 is 49.8 Å². The van der Waals surface area contributed by atoms with Crippen molar-refractivity contribution in [2.45, 2.75) is 6.04 Å². The molecule has 2 heterocycles. The standard InChI is InChI=1S/C27H23N3O4S/c1-29(2)18-13-11-16(12-14-18)23-22(24(31)17-7-6-8-19(15-17)34-3)25(32)26(33)30(23)27-28-20-9-4-5-10-21(20)35-27/h4-15,23,31H,1-3H3/b24-22+. The molecule has 1 amide bonds. The van der Waals surface area contributed by atoms with E-state index >= 15 is 0 Å². The molecule has 1 aromatic heterocycles. The second-order valence-electron chi connectivity index (χ2n) is 8.35. The van der Waals surface area contributed by atoms with Gasteiger partial charge in [-0.1, -0.05) is 47.7 Å².